The smallest absolute Gasteiger partial charge is 0.405 e. The molecule has 0 aromatic carbocycles. The molecule has 1 saturated carbocycles. The third-order valence-corrected chi connectivity index (χ3v) is 14.4. The number of H-pyrrole nitrogens is 1. The Bertz CT molecular complexity index is 2090. The lowest BCUT2D eigenvalue weighted by molar-refractivity contribution is -0.296. The molecule has 3 saturated heterocycles. The van der Waals surface area contributed by atoms with Gasteiger partial charge in [0.05, 0.1) is 34.4 Å². The number of fused-ring (bicyclic) bond motifs is 1. The van der Waals surface area contributed by atoms with Gasteiger partial charge >= 0.3 is 12.1 Å². The van der Waals surface area contributed by atoms with Gasteiger partial charge in [-0.15, -0.1) is 0 Å². The average molecular weight is 940 g/mol. The zero-order valence-corrected chi connectivity index (χ0v) is 38.8. The maximum Gasteiger partial charge on any atom is 0.405 e. The number of nitrogens with one attached hydrogen (secondary N) is 2. The molecule has 1 aromatic heterocycles. The van der Waals surface area contributed by atoms with Crippen LogP contribution in [-0.4, -0.2) is 135 Å². The van der Waals surface area contributed by atoms with Crippen LogP contribution in [0.2, 0.25) is 10.0 Å². The summed E-state index contributed by atoms with van der Waals surface area (Å²) in [5.41, 5.74) is 4.24. The van der Waals surface area contributed by atoms with E-state index in [2.05, 4.69) is 16.9 Å². The van der Waals surface area contributed by atoms with Gasteiger partial charge < -0.3 is 59.8 Å². The number of likely N-dealkylation sites (tertiary alicyclic amines) is 1. The summed E-state index contributed by atoms with van der Waals surface area (Å²) in [4.78, 5) is 70.8. The highest BCUT2D eigenvalue weighted by Crippen LogP contribution is 2.51. The Morgan fingerprint density at radius 1 is 1.05 bits per heavy atom. The molecule has 18 nitrogen and oxygen atoms in total. The van der Waals surface area contributed by atoms with E-state index in [0.717, 1.165) is 12.5 Å². The fourth-order valence-electron chi connectivity index (χ4n) is 10.3. The predicted octanol–water partition coefficient (Wildman–Crippen LogP) is 4.17. The number of ether oxygens (including phenoxy) is 6. The van der Waals surface area contributed by atoms with E-state index in [1.807, 2.05) is 19.1 Å². The molecule has 354 valence electrons. The minimum atomic E-state index is -1.92. The third kappa shape index (κ3) is 8.96. The van der Waals surface area contributed by atoms with Crippen molar-refractivity contribution >= 4 is 52.9 Å². The number of aromatic amines is 1. The van der Waals surface area contributed by atoms with Crippen molar-refractivity contribution in [1.29, 1.82) is 0 Å². The van der Waals surface area contributed by atoms with Crippen LogP contribution in [0.15, 0.2) is 35.6 Å². The summed E-state index contributed by atoms with van der Waals surface area (Å²) >= 11 is 12.5. The van der Waals surface area contributed by atoms with E-state index in [4.69, 9.17) is 57.4 Å². The van der Waals surface area contributed by atoms with Crippen molar-refractivity contribution in [1.82, 2.24) is 15.2 Å². The van der Waals surface area contributed by atoms with Crippen molar-refractivity contribution in [3.63, 3.8) is 0 Å². The number of hydrogen-bond donors (Lipinski definition) is 6. The number of nitrogens with zero attached hydrogens (tertiary/aromatic N) is 1. The second-order valence-corrected chi connectivity index (χ2v) is 18.8. The van der Waals surface area contributed by atoms with E-state index in [9.17, 15) is 39.3 Å². The summed E-state index contributed by atoms with van der Waals surface area (Å²) in [6.07, 6.45) is -6.73. The van der Waals surface area contributed by atoms with E-state index < -0.39 is 144 Å². The van der Waals surface area contributed by atoms with Gasteiger partial charge in [-0.3, -0.25) is 24.1 Å². The summed E-state index contributed by atoms with van der Waals surface area (Å²) < 4.78 is 35.6. The fourth-order valence-corrected chi connectivity index (χ4v) is 10.7. The van der Waals surface area contributed by atoms with Crippen LogP contribution in [0.1, 0.15) is 83.9 Å². The highest BCUT2D eigenvalue weighted by molar-refractivity contribution is 6.44. The van der Waals surface area contributed by atoms with E-state index in [1.165, 1.54) is 18.9 Å². The van der Waals surface area contributed by atoms with Gasteiger partial charge in [0, 0.05) is 38.0 Å². The Hall–Kier alpha value is -4.01. The van der Waals surface area contributed by atoms with Gasteiger partial charge in [-0.05, 0) is 58.3 Å². The van der Waals surface area contributed by atoms with Crippen molar-refractivity contribution in [3.8, 4) is 0 Å². The van der Waals surface area contributed by atoms with E-state index in [0.29, 0.717) is 18.5 Å². The number of esters is 1. The first kappa shape index (κ1) is 49.4. The van der Waals surface area contributed by atoms with Crippen molar-refractivity contribution in [3.05, 3.63) is 57.1 Å². The Morgan fingerprint density at radius 3 is 2.30 bits per heavy atom. The second-order valence-electron chi connectivity index (χ2n) is 18.0. The Balaban J connectivity index is 1.27. The molecular weight excluding hydrogens is 879 g/mol. The fraction of sp³-hybridized carbons (Fsp3) is 0.659. The van der Waals surface area contributed by atoms with Crippen LogP contribution >= 0.6 is 23.2 Å². The lowest BCUT2D eigenvalue weighted by atomic mass is 9.61. The monoisotopic (exact) mass is 938 g/mol. The minimum Gasteiger partial charge on any atom is -0.511 e. The third-order valence-electron chi connectivity index (χ3n) is 13.5. The van der Waals surface area contributed by atoms with Gasteiger partial charge in [-0.1, -0.05) is 68.3 Å². The maximum atomic E-state index is 14.8. The molecular formula is C44H60Cl2N4O14. The number of rotatable bonds is 11. The number of nitrogens with two attached hydrogens (primary N) is 1. The molecule has 0 unspecified atom stereocenters. The molecule has 20 heteroatoms. The molecule has 4 heterocycles. The molecule has 7 N–H and O–H groups in total. The van der Waals surface area contributed by atoms with Gasteiger partial charge in [0.15, 0.2) is 30.5 Å². The molecule has 3 aliphatic heterocycles. The number of halogens is 2. The number of Topliss-reactive ketones (excluding diaryl/α,β-unsaturated/α-hetero) is 1. The van der Waals surface area contributed by atoms with E-state index >= 15 is 0 Å². The van der Waals surface area contributed by atoms with E-state index in [-0.39, 0.29) is 22.2 Å². The van der Waals surface area contributed by atoms with Crippen molar-refractivity contribution in [2.24, 2.45) is 35.3 Å². The minimum absolute atomic E-state index is 0.00400. The quantitative estimate of drug-likeness (QED) is 0.0599. The highest BCUT2D eigenvalue weighted by Gasteiger charge is 2.59. The Labute approximate surface area is 381 Å². The topological polar surface area (TPSA) is 258 Å². The molecule has 0 bridgehead atoms. The molecule has 5 aliphatic rings. The largest absolute Gasteiger partial charge is 0.511 e. The number of carbonyl (C=O) groups is 5. The predicted molar refractivity (Wildman–Crippen MR) is 230 cm³/mol. The molecule has 0 radical (unpaired) electrons. The van der Waals surface area contributed by atoms with Gasteiger partial charge in [0.1, 0.15) is 40.9 Å². The van der Waals surface area contributed by atoms with Crippen LogP contribution in [-0.2, 0) is 42.8 Å². The van der Waals surface area contributed by atoms with Crippen molar-refractivity contribution < 1.29 is 67.7 Å². The molecule has 64 heavy (non-hydrogen) atoms. The van der Waals surface area contributed by atoms with Gasteiger partial charge in [-0.2, -0.15) is 0 Å². The number of ketones is 1. The van der Waals surface area contributed by atoms with Gasteiger partial charge in [-0.25, -0.2) is 4.79 Å². The summed E-state index contributed by atoms with van der Waals surface area (Å²) in [5.74, 6) is -5.95. The molecule has 3 amide bonds. The van der Waals surface area contributed by atoms with Crippen LogP contribution in [0.5, 0.6) is 0 Å². The average Bonchev–Trinajstić information content (AvgIpc) is 3.63. The van der Waals surface area contributed by atoms with Crippen molar-refractivity contribution in [2.75, 3.05) is 7.11 Å². The normalized spacial score (nSPS) is 37.9. The number of amides is 3. The summed E-state index contributed by atoms with van der Waals surface area (Å²) in [6.45, 7) is 17.2. The summed E-state index contributed by atoms with van der Waals surface area (Å²) in [5, 5.41) is 38.6. The number of primary amides is 1. The van der Waals surface area contributed by atoms with Crippen LogP contribution in [0, 0.1) is 36.5 Å². The molecule has 6 rings (SSSR count). The zero-order valence-electron chi connectivity index (χ0n) is 37.3. The highest BCUT2D eigenvalue weighted by atomic mass is 35.5. The zero-order chi connectivity index (χ0) is 47.4. The lowest BCUT2D eigenvalue weighted by Crippen LogP contribution is -2.66. The van der Waals surface area contributed by atoms with Gasteiger partial charge in [0.2, 0.25) is 0 Å². The number of aliphatic hydroxyl groups excluding tert-OH is 2. The second kappa shape index (κ2) is 19.1. The molecule has 1 aromatic rings. The first-order valence-corrected chi connectivity index (χ1v) is 22.2. The van der Waals surface area contributed by atoms with Crippen LogP contribution in [0.4, 0.5) is 4.79 Å². The number of aromatic nitrogens is 1. The summed E-state index contributed by atoms with van der Waals surface area (Å²) in [6, 6.07) is -2.17. The number of hydrogen-bond acceptors (Lipinski definition) is 14. The Kier molecular flexibility index (Phi) is 14.7. The van der Waals surface area contributed by atoms with E-state index in [1.54, 1.807) is 34.6 Å². The first-order valence-electron chi connectivity index (χ1n) is 21.5. The van der Waals surface area contributed by atoms with Crippen LogP contribution < -0.4 is 11.1 Å². The number of carbonyl (C=O) groups excluding carboxylic acids is 5. The maximum absolute atomic E-state index is 14.8. The lowest BCUT2D eigenvalue weighted by Gasteiger charge is -2.50. The number of allylic oxidation sites excluding steroid dienone is 3. The standard InChI is InChI=1S/C44H60Cl2N4O14/c1-16(2)33-35(53)29(41(56)50(33)42-38(59-10)37(62-23(9)51)36(20(6)61-42)64-43(47)57)34(52)28-18(4)11-13-24-25(14-12-17(3)27(24)28)63-26-15-44(58,39(54)21(7)60-26)22(8)49-40(55)32-31(46)30(45)19(5)48-32/h11,13,16,18,20-22,24-28,33,36-39,42,48,52,54,58H,3,12,14-15H2,1-2,4-10H3,(H2,47,57)(H,49,55)/t18-,20+,21+,22-,24-,25+,26-,27-,28+,33-,36-,37-,38-,39+,42-,44+/m0/s1. The number of aryl methyl sites for hydroxylation is 1. The molecule has 4 fully saturated rings. The SMILES string of the molecule is C=C1CC[C@@H](O[C@H]2C[C@@](O)([C@H](C)NC(=O)c3[nH]c(C)c(Cl)c3Cl)[C@H](O)[C@@H](C)O2)[C@@H]2C=C[C@H](C)[C@@H](C(O)=C3C(=O)[C@H](C(C)C)N([C@H]4O[C@H](C)[C@H](OC(N)=O)[C@H](OC(C)=O)[C@@H]4OC)C3=O)[C@@H]12. The van der Waals surface area contributed by atoms with Gasteiger partial charge in [0.25, 0.3) is 11.8 Å². The van der Waals surface area contributed by atoms with Crippen LogP contribution in [0.25, 0.3) is 0 Å². The summed E-state index contributed by atoms with van der Waals surface area (Å²) in [7, 11) is 1.29. The van der Waals surface area contributed by atoms with Crippen molar-refractivity contribution in [2.45, 2.75) is 148 Å². The molecule has 0 spiro atoms. The Morgan fingerprint density at radius 2 is 1.72 bits per heavy atom. The molecule has 2 aliphatic carbocycles. The number of aliphatic hydroxyl groups is 3. The molecule has 16 atom stereocenters. The van der Waals surface area contributed by atoms with Crippen LogP contribution in [0.3, 0.4) is 0 Å². The first-order chi connectivity index (χ1) is 29.9. The number of methoxy groups -OCH3 is 1.